The fourth-order valence-electron chi connectivity index (χ4n) is 3.86. The van der Waals surface area contributed by atoms with Crippen LogP contribution in [0.2, 0.25) is 0 Å². The summed E-state index contributed by atoms with van der Waals surface area (Å²) in [4.78, 5) is 11.2. The van der Waals surface area contributed by atoms with Crippen LogP contribution < -0.4 is 0 Å². The Balaban J connectivity index is 2.22. The first-order valence-corrected chi connectivity index (χ1v) is 6.90. The highest BCUT2D eigenvalue weighted by Crippen LogP contribution is 2.47. The molecule has 0 aliphatic heterocycles. The van der Waals surface area contributed by atoms with E-state index in [0.717, 1.165) is 18.3 Å². The van der Waals surface area contributed by atoms with E-state index in [4.69, 9.17) is 0 Å². The Morgan fingerprint density at radius 1 is 1.41 bits per heavy atom. The van der Waals surface area contributed by atoms with Gasteiger partial charge in [0.25, 0.3) is 0 Å². The standard InChI is InChI=1S/C15H24O2/c1-9-4-6-12-10(2)5-7-13(14(12)8-9)11(3)15(16)17/h8,10-14H,4-7H2,1-3H3,(H,16,17)/t10-,11-,12+,13+,14?/m1/s1. The predicted octanol–water partition coefficient (Wildman–Crippen LogP) is 3.73. The van der Waals surface area contributed by atoms with Gasteiger partial charge >= 0.3 is 5.97 Å². The van der Waals surface area contributed by atoms with Crippen molar-refractivity contribution in [3.8, 4) is 0 Å². The van der Waals surface area contributed by atoms with Crippen molar-refractivity contribution < 1.29 is 9.90 Å². The van der Waals surface area contributed by atoms with E-state index in [1.807, 2.05) is 6.92 Å². The van der Waals surface area contributed by atoms with E-state index in [2.05, 4.69) is 19.9 Å². The molecule has 2 aliphatic carbocycles. The zero-order valence-corrected chi connectivity index (χ0v) is 11.1. The number of carboxylic acids is 1. The van der Waals surface area contributed by atoms with Crippen LogP contribution in [-0.4, -0.2) is 11.1 Å². The zero-order chi connectivity index (χ0) is 12.6. The minimum absolute atomic E-state index is 0.197. The Kier molecular flexibility index (Phi) is 3.60. The van der Waals surface area contributed by atoms with Gasteiger partial charge in [0.05, 0.1) is 5.92 Å². The highest BCUT2D eigenvalue weighted by atomic mass is 16.4. The third-order valence-corrected chi connectivity index (χ3v) is 5.06. The van der Waals surface area contributed by atoms with Crippen LogP contribution in [0.15, 0.2) is 11.6 Å². The highest BCUT2D eigenvalue weighted by molar-refractivity contribution is 5.70. The molecule has 0 amide bonds. The summed E-state index contributed by atoms with van der Waals surface area (Å²) in [6.45, 7) is 6.42. The molecule has 0 bridgehead atoms. The predicted molar refractivity (Wildman–Crippen MR) is 68.7 cm³/mol. The summed E-state index contributed by atoms with van der Waals surface area (Å²) < 4.78 is 0. The van der Waals surface area contributed by atoms with Crippen molar-refractivity contribution in [3.63, 3.8) is 0 Å². The molecule has 2 aliphatic rings. The van der Waals surface area contributed by atoms with Crippen LogP contribution in [0.3, 0.4) is 0 Å². The maximum atomic E-state index is 11.2. The van der Waals surface area contributed by atoms with Crippen LogP contribution >= 0.6 is 0 Å². The maximum Gasteiger partial charge on any atom is 0.306 e. The molecule has 17 heavy (non-hydrogen) atoms. The number of hydrogen-bond donors (Lipinski definition) is 1. The second-order valence-corrected chi connectivity index (χ2v) is 6.14. The van der Waals surface area contributed by atoms with Gasteiger partial charge in [0.2, 0.25) is 0 Å². The lowest BCUT2D eigenvalue weighted by Gasteiger charge is -2.44. The van der Waals surface area contributed by atoms with Crippen LogP contribution in [0.4, 0.5) is 0 Å². The molecule has 2 heteroatoms. The van der Waals surface area contributed by atoms with Gasteiger partial charge in [0.15, 0.2) is 0 Å². The molecule has 0 saturated heterocycles. The first-order valence-electron chi connectivity index (χ1n) is 6.90. The Labute approximate surface area is 104 Å². The van der Waals surface area contributed by atoms with Crippen LogP contribution in [-0.2, 0) is 4.79 Å². The quantitative estimate of drug-likeness (QED) is 0.742. The van der Waals surface area contributed by atoms with Crippen molar-refractivity contribution in [1.29, 1.82) is 0 Å². The monoisotopic (exact) mass is 236 g/mol. The Hall–Kier alpha value is -0.790. The van der Waals surface area contributed by atoms with E-state index in [9.17, 15) is 9.90 Å². The van der Waals surface area contributed by atoms with Crippen molar-refractivity contribution >= 4 is 5.97 Å². The maximum absolute atomic E-state index is 11.2. The van der Waals surface area contributed by atoms with Crippen LogP contribution in [0.1, 0.15) is 46.5 Å². The molecule has 0 aromatic rings. The van der Waals surface area contributed by atoms with Crippen LogP contribution in [0.25, 0.3) is 0 Å². The molecule has 0 heterocycles. The van der Waals surface area contributed by atoms with Gasteiger partial charge in [-0.3, -0.25) is 4.79 Å². The van der Waals surface area contributed by atoms with Crippen molar-refractivity contribution in [2.75, 3.05) is 0 Å². The fourth-order valence-corrected chi connectivity index (χ4v) is 3.86. The summed E-state index contributed by atoms with van der Waals surface area (Å²) in [5.41, 5.74) is 1.46. The summed E-state index contributed by atoms with van der Waals surface area (Å²) in [5.74, 6) is 1.53. The fraction of sp³-hybridized carbons (Fsp3) is 0.800. The lowest BCUT2D eigenvalue weighted by atomic mass is 9.60. The molecule has 96 valence electrons. The number of aliphatic carboxylic acids is 1. The summed E-state index contributed by atoms with van der Waals surface area (Å²) in [7, 11) is 0. The van der Waals surface area contributed by atoms with Gasteiger partial charge in [0.1, 0.15) is 0 Å². The second-order valence-electron chi connectivity index (χ2n) is 6.14. The number of hydrogen-bond acceptors (Lipinski definition) is 1. The van der Waals surface area contributed by atoms with Gasteiger partial charge in [-0.25, -0.2) is 0 Å². The van der Waals surface area contributed by atoms with E-state index < -0.39 is 5.97 Å². The Morgan fingerprint density at radius 3 is 2.76 bits per heavy atom. The molecule has 1 unspecified atom stereocenters. The molecule has 5 atom stereocenters. The minimum atomic E-state index is -0.625. The first-order chi connectivity index (χ1) is 8.00. The molecule has 0 aromatic carbocycles. The summed E-state index contributed by atoms with van der Waals surface area (Å²) in [6.07, 6.45) is 7.14. The van der Waals surface area contributed by atoms with Gasteiger partial charge in [-0.05, 0) is 49.9 Å². The number of carboxylic acid groups (broad SMARTS) is 1. The molecule has 0 radical (unpaired) electrons. The molecule has 2 nitrogen and oxygen atoms in total. The van der Waals surface area contributed by atoms with E-state index >= 15 is 0 Å². The Bertz CT molecular complexity index is 332. The molecule has 1 saturated carbocycles. The normalized spacial score (nSPS) is 39.1. The van der Waals surface area contributed by atoms with E-state index in [1.165, 1.54) is 24.8 Å². The average Bonchev–Trinajstić information content (AvgIpc) is 2.28. The number of rotatable bonds is 2. The zero-order valence-electron chi connectivity index (χ0n) is 11.1. The van der Waals surface area contributed by atoms with Gasteiger partial charge in [-0.1, -0.05) is 31.9 Å². The number of fused-ring (bicyclic) bond motifs is 1. The van der Waals surface area contributed by atoms with Crippen LogP contribution in [0, 0.1) is 29.6 Å². The van der Waals surface area contributed by atoms with Crippen molar-refractivity contribution in [2.45, 2.75) is 46.5 Å². The molecular weight excluding hydrogens is 212 g/mol. The minimum Gasteiger partial charge on any atom is -0.481 e. The first kappa shape index (κ1) is 12.7. The van der Waals surface area contributed by atoms with Crippen molar-refractivity contribution in [2.24, 2.45) is 29.6 Å². The third-order valence-electron chi connectivity index (χ3n) is 5.06. The topological polar surface area (TPSA) is 37.3 Å². The van der Waals surface area contributed by atoms with Gasteiger partial charge < -0.3 is 5.11 Å². The highest BCUT2D eigenvalue weighted by Gasteiger charge is 2.41. The number of carbonyl (C=O) groups is 1. The van der Waals surface area contributed by atoms with Gasteiger partial charge in [0, 0.05) is 0 Å². The molecule has 0 aromatic heterocycles. The second kappa shape index (κ2) is 4.83. The number of allylic oxidation sites excluding steroid dienone is 2. The Morgan fingerprint density at radius 2 is 2.12 bits per heavy atom. The molecule has 1 N–H and O–H groups in total. The summed E-state index contributed by atoms with van der Waals surface area (Å²) in [6, 6.07) is 0. The van der Waals surface area contributed by atoms with Crippen molar-refractivity contribution in [3.05, 3.63) is 11.6 Å². The van der Waals surface area contributed by atoms with E-state index in [-0.39, 0.29) is 5.92 Å². The van der Waals surface area contributed by atoms with E-state index in [1.54, 1.807) is 0 Å². The molecule has 2 rings (SSSR count). The largest absolute Gasteiger partial charge is 0.481 e. The van der Waals surface area contributed by atoms with E-state index in [0.29, 0.717) is 11.8 Å². The summed E-state index contributed by atoms with van der Waals surface area (Å²) in [5, 5.41) is 9.24. The van der Waals surface area contributed by atoms with Crippen molar-refractivity contribution in [1.82, 2.24) is 0 Å². The molecule has 1 fully saturated rings. The van der Waals surface area contributed by atoms with Gasteiger partial charge in [-0.2, -0.15) is 0 Å². The molecular formula is C15H24O2. The lowest BCUT2D eigenvalue weighted by molar-refractivity contribution is -0.144. The lowest BCUT2D eigenvalue weighted by Crippen LogP contribution is -2.39. The molecule has 0 spiro atoms. The smallest absolute Gasteiger partial charge is 0.306 e. The van der Waals surface area contributed by atoms with Crippen LogP contribution in [0.5, 0.6) is 0 Å². The summed E-state index contributed by atoms with van der Waals surface area (Å²) >= 11 is 0. The average molecular weight is 236 g/mol. The third kappa shape index (κ3) is 2.41. The van der Waals surface area contributed by atoms with Gasteiger partial charge in [-0.15, -0.1) is 0 Å². The SMILES string of the molecule is CC1=CC2[C@@H](CC1)[C@H](C)CC[C@H]2[C@@H](C)C(=O)O.